The second kappa shape index (κ2) is 5.36. The third-order valence-electron chi connectivity index (χ3n) is 3.32. The zero-order chi connectivity index (χ0) is 13.2. The highest BCUT2D eigenvalue weighted by Crippen LogP contribution is 2.21. The average molecular weight is 273 g/mol. The lowest BCUT2D eigenvalue weighted by molar-refractivity contribution is 0.341. The first-order chi connectivity index (χ1) is 8.50. The molecule has 0 aliphatic carbocycles. The van der Waals surface area contributed by atoms with E-state index in [1.54, 1.807) is 0 Å². The van der Waals surface area contributed by atoms with Gasteiger partial charge in [0.05, 0.1) is 17.5 Å². The fourth-order valence-electron chi connectivity index (χ4n) is 2.19. The van der Waals surface area contributed by atoms with Crippen LogP contribution < -0.4 is 5.32 Å². The summed E-state index contributed by atoms with van der Waals surface area (Å²) in [5, 5.41) is 6.93. The quantitative estimate of drug-likeness (QED) is 0.870. The van der Waals surface area contributed by atoms with Gasteiger partial charge in [0, 0.05) is 6.42 Å². The molecule has 1 N–H and O–H groups in total. The van der Waals surface area contributed by atoms with Gasteiger partial charge >= 0.3 is 0 Å². The number of rotatable bonds is 4. The van der Waals surface area contributed by atoms with Gasteiger partial charge in [-0.05, 0) is 32.7 Å². The second-order valence-corrected chi connectivity index (χ2v) is 7.11. The molecular weight excluding hydrogens is 254 g/mol. The Bertz CT molecular complexity index is 497. The van der Waals surface area contributed by atoms with Gasteiger partial charge in [-0.2, -0.15) is 4.98 Å². The summed E-state index contributed by atoms with van der Waals surface area (Å²) in [6.07, 6.45) is 2.24. The summed E-state index contributed by atoms with van der Waals surface area (Å²) in [4.78, 5) is 4.29. The molecular formula is C11H19N3O3S. The standard InChI is InChI=1S/C11H19N3O3S/c1-8(12-2)11-13-10(14-17-11)6-9-4-3-5-18(15,16)7-9/h8-9,12H,3-7H2,1-2H3. The van der Waals surface area contributed by atoms with Crippen LogP contribution in [0.4, 0.5) is 0 Å². The SMILES string of the molecule is CNC(C)c1nc(CC2CCCS(=O)(=O)C2)no1. The van der Waals surface area contributed by atoms with Crippen LogP contribution in [-0.4, -0.2) is 37.1 Å². The van der Waals surface area contributed by atoms with Crippen LogP contribution in [0, 0.1) is 5.92 Å². The number of hydrogen-bond donors (Lipinski definition) is 1. The van der Waals surface area contributed by atoms with E-state index in [4.69, 9.17) is 4.52 Å². The summed E-state index contributed by atoms with van der Waals surface area (Å²) < 4.78 is 28.2. The van der Waals surface area contributed by atoms with E-state index < -0.39 is 9.84 Å². The Kier molecular flexibility index (Phi) is 4.01. The highest BCUT2D eigenvalue weighted by atomic mass is 32.2. The van der Waals surface area contributed by atoms with Crippen LogP contribution in [0.2, 0.25) is 0 Å². The maximum atomic E-state index is 11.5. The van der Waals surface area contributed by atoms with Crippen molar-refractivity contribution in [3.63, 3.8) is 0 Å². The fourth-order valence-corrected chi connectivity index (χ4v) is 3.96. The van der Waals surface area contributed by atoms with Crippen LogP contribution in [0.25, 0.3) is 0 Å². The summed E-state index contributed by atoms with van der Waals surface area (Å²) in [6.45, 7) is 1.93. The second-order valence-electron chi connectivity index (χ2n) is 4.89. The molecule has 1 fully saturated rings. The maximum Gasteiger partial charge on any atom is 0.243 e. The van der Waals surface area contributed by atoms with E-state index in [-0.39, 0.29) is 17.7 Å². The molecule has 1 aliphatic rings. The topological polar surface area (TPSA) is 85.1 Å². The molecule has 0 saturated carbocycles. The van der Waals surface area contributed by atoms with Crippen LogP contribution in [-0.2, 0) is 16.3 Å². The molecule has 2 unspecified atom stereocenters. The Morgan fingerprint density at radius 1 is 1.56 bits per heavy atom. The van der Waals surface area contributed by atoms with Crippen molar-refractivity contribution in [3.8, 4) is 0 Å². The minimum atomic E-state index is -2.86. The van der Waals surface area contributed by atoms with Gasteiger partial charge in [-0.1, -0.05) is 5.16 Å². The lowest BCUT2D eigenvalue weighted by atomic mass is 10.0. The summed E-state index contributed by atoms with van der Waals surface area (Å²) in [7, 11) is -1.04. The first-order valence-electron chi connectivity index (χ1n) is 6.20. The van der Waals surface area contributed by atoms with Crippen molar-refractivity contribution in [2.45, 2.75) is 32.2 Å². The van der Waals surface area contributed by atoms with Crippen molar-refractivity contribution >= 4 is 9.84 Å². The van der Waals surface area contributed by atoms with Gasteiger partial charge in [-0.25, -0.2) is 8.42 Å². The molecule has 2 heterocycles. The molecule has 0 radical (unpaired) electrons. The fraction of sp³-hybridized carbons (Fsp3) is 0.818. The number of aromatic nitrogens is 2. The molecule has 1 aromatic rings. The van der Waals surface area contributed by atoms with E-state index in [1.165, 1.54) is 0 Å². The zero-order valence-corrected chi connectivity index (χ0v) is 11.5. The van der Waals surface area contributed by atoms with E-state index >= 15 is 0 Å². The summed E-state index contributed by atoms with van der Waals surface area (Å²) >= 11 is 0. The van der Waals surface area contributed by atoms with Crippen molar-refractivity contribution in [2.24, 2.45) is 5.92 Å². The number of nitrogens with zero attached hydrogens (tertiary/aromatic N) is 2. The Hall–Kier alpha value is -0.950. The van der Waals surface area contributed by atoms with Crippen LogP contribution in [0.15, 0.2) is 4.52 Å². The largest absolute Gasteiger partial charge is 0.338 e. The molecule has 6 nitrogen and oxygen atoms in total. The number of sulfone groups is 1. The molecule has 0 bridgehead atoms. The van der Waals surface area contributed by atoms with Crippen molar-refractivity contribution in [1.29, 1.82) is 0 Å². The lowest BCUT2D eigenvalue weighted by Gasteiger charge is -2.20. The Labute approximate surface area is 107 Å². The highest BCUT2D eigenvalue weighted by molar-refractivity contribution is 7.91. The molecule has 0 spiro atoms. The molecule has 7 heteroatoms. The van der Waals surface area contributed by atoms with Gasteiger partial charge in [0.2, 0.25) is 5.89 Å². The van der Waals surface area contributed by atoms with Gasteiger partial charge in [0.25, 0.3) is 0 Å². The Morgan fingerprint density at radius 3 is 3.00 bits per heavy atom. The average Bonchev–Trinajstić information content (AvgIpc) is 2.75. The van der Waals surface area contributed by atoms with E-state index in [0.29, 0.717) is 23.9 Å². The third kappa shape index (κ3) is 3.29. The van der Waals surface area contributed by atoms with E-state index in [1.807, 2.05) is 14.0 Å². The minimum absolute atomic E-state index is 0.0151. The number of hydrogen-bond acceptors (Lipinski definition) is 6. The molecule has 102 valence electrons. The molecule has 2 atom stereocenters. The van der Waals surface area contributed by atoms with Crippen molar-refractivity contribution < 1.29 is 12.9 Å². The molecule has 0 aromatic carbocycles. The third-order valence-corrected chi connectivity index (χ3v) is 5.21. The summed E-state index contributed by atoms with van der Waals surface area (Å²) in [6, 6.07) is 0.0151. The monoisotopic (exact) mass is 273 g/mol. The van der Waals surface area contributed by atoms with Crippen LogP contribution in [0.1, 0.15) is 37.5 Å². The van der Waals surface area contributed by atoms with Gasteiger partial charge in [-0.15, -0.1) is 0 Å². The molecule has 0 amide bonds. The van der Waals surface area contributed by atoms with Crippen LogP contribution >= 0.6 is 0 Å². The van der Waals surface area contributed by atoms with E-state index in [9.17, 15) is 8.42 Å². The van der Waals surface area contributed by atoms with Gasteiger partial charge in [-0.3, -0.25) is 0 Å². The van der Waals surface area contributed by atoms with Crippen molar-refractivity contribution in [2.75, 3.05) is 18.6 Å². The zero-order valence-electron chi connectivity index (χ0n) is 10.7. The van der Waals surface area contributed by atoms with Crippen molar-refractivity contribution in [1.82, 2.24) is 15.5 Å². The molecule has 1 aromatic heterocycles. The summed E-state index contributed by atoms with van der Waals surface area (Å²) in [5.41, 5.74) is 0. The molecule has 18 heavy (non-hydrogen) atoms. The first-order valence-corrected chi connectivity index (χ1v) is 8.02. The van der Waals surface area contributed by atoms with E-state index in [0.717, 1.165) is 12.8 Å². The predicted octanol–water partition coefficient (Wildman–Crippen LogP) is 0.717. The van der Waals surface area contributed by atoms with E-state index in [2.05, 4.69) is 15.5 Å². The van der Waals surface area contributed by atoms with Crippen LogP contribution in [0.5, 0.6) is 0 Å². The minimum Gasteiger partial charge on any atom is -0.338 e. The lowest BCUT2D eigenvalue weighted by Crippen LogP contribution is -2.26. The van der Waals surface area contributed by atoms with Crippen LogP contribution in [0.3, 0.4) is 0 Å². The van der Waals surface area contributed by atoms with Gasteiger partial charge < -0.3 is 9.84 Å². The number of nitrogens with one attached hydrogen (secondary N) is 1. The molecule has 2 rings (SSSR count). The Balaban J connectivity index is 1.99. The van der Waals surface area contributed by atoms with Gasteiger partial charge in [0.1, 0.15) is 0 Å². The highest BCUT2D eigenvalue weighted by Gasteiger charge is 2.26. The Morgan fingerprint density at radius 2 is 2.33 bits per heavy atom. The maximum absolute atomic E-state index is 11.5. The predicted molar refractivity (Wildman–Crippen MR) is 66.9 cm³/mol. The molecule has 1 saturated heterocycles. The smallest absolute Gasteiger partial charge is 0.243 e. The normalized spacial score (nSPS) is 24.9. The first kappa shape index (κ1) is 13.5. The molecule has 1 aliphatic heterocycles. The summed E-state index contributed by atoms with van der Waals surface area (Å²) in [5.74, 6) is 1.84. The van der Waals surface area contributed by atoms with Crippen molar-refractivity contribution in [3.05, 3.63) is 11.7 Å². The van der Waals surface area contributed by atoms with Gasteiger partial charge in [0.15, 0.2) is 15.7 Å².